The number of amides is 3. The minimum atomic E-state index is -2.49. The van der Waals surface area contributed by atoms with E-state index in [1.54, 1.807) is 40.9 Å². The molecule has 2 saturated heterocycles. The highest BCUT2D eigenvalue weighted by Crippen LogP contribution is 2.42. The van der Waals surface area contributed by atoms with Crippen molar-refractivity contribution in [1.82, 2.24) is 4.90 Å². The largest absolute Gasteiger partial charge is 0.460 e. The number of esters is 2. The lowest BCUT2D eigenvalue weighted by atomic mass is 9.78. The number of aliphatic hydroxyl groups is 2. The zero-order chi connectivity index (χ0) is 62.5. The molecule has 3 amide bonds. The number of carbonyl (C=O) groups is 8. The van der Waals surface area contributed by atoms with Gasteiger partial charge in [0.15, 0.2) is 5.78 Å². The molecule has 0 unspecified atom stereocenters. The summed E-state index contributed by atoms with van der Waals surface area (Å²) in [5.41, 5.74) is 2.07. The summed E-state index contributed by atoms with van der Waals surface area (Å²) in [7, 11) is 4.45. The number of benzene rings is 1. The zero-order valence-electron chi connectivity index (χ0n) is 50.4. The van der Waals surface area contributed by atoms with Gasteiger partial charge in [0.2, 0.25) is 17.6 Å². The van der Waals surface area contributed by atoms with E-state index in [1.807, 2.05) is 119 Å². The Morgan fingerprint density at radius 2 is 1.45 bits per heavy atom. The van der Waals surface area contributed by atoms with Gasteiger partial charge in [-0.25, -0.2) is 9.59 Å². The highest BCUT2D eigenvalue weighted by atomic mass is 127. The maximum atomic E-state index is 14.7. The van der Waals surface area contributed by atoms with E-state index in [1.165, 1.54) is 28.1 Å². The molecule has 15 atom stereocenters. The van der Waals surface area contributed by atoms with Crippen LogP contribution in [0.1, 0.15) is 150 Å². The van der Waals surface area contributed by atoms with Crippen molar-refractivity contribution in [2.24, 2.45) is 35.5 Å². The van der Waals surface area contributed by atoms with Gasteiger partial charge in [-0.2, -0.15) is 0 Å². The molecule has 22 heteroatoms. The monoisotopic (exact) mass is 1510 g/mol. The lowest BCUT2D eigenvalue weighted by molar-refractivity contribution is -0.265. The molecule has 3 aliphatic heterocycles. The van der Waals surface area contributed by atoms with Gasteiger partial charge in [-0.3, -0.25) is 28.8 Å². The van der Waals surface area contributed by atoms with Crippen LogP contribution >= 0.6 is 67.8 Å². The van der Waals surface area contributed by atoms with Crippen molar-refractivity contribution in [2.75, 3.05) is 38.5 Å². The molecule has 5 rings (SSSR count). The van der Waals surface area contributed by atoms with Gasteiger partial charge in [-0.15, -0.1) is 0 Å². The van der Waals surface area contributed by atoms with E-state index in [0.29, 0.717) is 85.4 Å². The van der Waals surface area contributed by atoms with Crippen molar-refractivity contribution in [2.45, 2.75) is 194 Å². The molecule has 3 heterocycles. The Morgan fingerprint density at radius 3 is 2.06 bits per heavy atom. The molecular weight excluding hydrogens is 1420 g/mol. The zero-order valence-corrected chi connectivity index (χ0v) is 56.9. The van der Waals surface area contributed by atoms with Crippen LogP contribution in [0.15, 0.2) is 47.6 Å². The van der Waals surface area contributed by atoms with Crippen LogP contribution in [-0.4, -0.2) is 145 Å². The molecule has 1 aromatic rings. The minimum absolute atomic E-state index is 0.0195. The molecule has 1 aliphatic carbocycles. The second-order valence-electron chi connectivity index (χ2n) is 23.4. The van der Waals surface area contributed by atoms with Crippen molar-refractivity contribution >= 4 is 126 Å². The summed E-state index contributed by atoms with van der Waals surface area (Å²) in [6.45, 7) is 15.2. The average molecular weight is 1510 g/mol. The number of nitrogens with zero attached hydrogens (tertiary/aromatic N) is 1. The van der Waals surface area contributed by atoms with Gasteiger partial charge >= 0.3 is 11.9 Å². The first-order valence-electron chi connectivity index (χ1n) is 29.0. The number of ether oxygens (including phenoxy) is 6. The van der Waals surface area contributed by atoms with Crippen LogP contribution in [0, 0.1) is 46.2 Å². The van der Waals surface area contributed by atoms with Crippen LogP contribution in [0.25, 0.3) is 0 Å². The molecule has 19 nitrogen and oxygen atoms in total. The predicted octanol–water partition coefficient (Wildman–Crippen LogP) is 9.78. The second kappa shape index (κ2) is 32.6. The summed E-state index contributed by atoms with van der Waals surface area (Å²) in [5, 5.41) is 29.3. The number of methoxy groups -OCH3 is 3. The second-order valence-corrected chi connectivity index (χ2v) is 26.6. The smallest absolute Gasteiger partial charge is 0.340 e. The standard InChI is InChI=1S/C62H86I3N3O16/c1-32-18-14-13-15-19-33(2)46(79-10)30-42-23-21-38(7)62(78,84-42)58(74)59(75)68-25-17-16-20-43(68)60(76)83-47(31-44(71)34(3)27-37(6)56(73)57(81-12)55(72)36(5)26-32)35(4)28-41-22-24-45(48(29-41)80-11)82-61(77)49-50(63)53(66-39(8)69)52(65)54(51(49)64)67-40(9)70/h13-15,18-19,27,32,34-36,38,41-43,45-48,56-57,73,78H,16-17,20-26,28-31H2,1-12H3,(H,66,69)(H,67,70)/b15-13+,18-14+,33-19+,37-27+/t32-,34-,35-,36-,38-,41+,42+,43+,45-,46+,47+,48-,56-,57+,62-/m1/s1. The van der Waals surface area contributed by atoms with Crippen molar-refractivity contribution in [3.8, 4) is 0 Å². The third-order valence-corrected chi connectivity index (χ3v) is 20.1. The highest BCUT2D eigenvalue weighted by Gasteiger charge is 2.53. The quantitative estimate of drug-likeness (QED) is 0.0735. The Hall–Kier alpha value is -3.51. The third-order valence-electron chi connectivity index (χ3n) is 16.8. The van der Waals surface area contributed by atoms with Crippen molar-refractivity contribution in [3.63, 3.8) is 0 Å². The van der Waals surface area contributed by atoms with Gasteiger partial charge in [0.05, 0.1) is 46.0 Å². The predicted molar refractivity (Wildman–Crippen MR) is 342 cm³/mol. The van der Waals surface area contributed by atoms with E-state index in [-0.39, 0.29) is 66.6 Å². The number of ketones is 3. The van der Waals surface area contributed by atoms with Crippen molar-refractivity contribution < 1.29 is 77.0 Å². The van der Waals surface area contributed by atoms with Crippen LogP contribution < -0.4 is 10.6 Å². The van der Waals surface area contributed by atoms with Gasteiger partial charge in [-0.1, -0.05) is 71.1 Å². The number of nitrogens with one attached hydrogen (secondary N) is 2. The maximum Gasteiger partial charge on any atom is 0.340 e. The van der Waals surface area contributed by atoms with Crippen molar-refractivity contribution in [3.05, 3.63) is 63.9 Å². The highest BCUT2D eigenvalue weighted by molar-refractivity contribution is 14.1. The van der Waals surface area contributed by atoms with Crippen LogP contribution in [0.4, 0.5) is 11.4 Å². The van der Waals surface area contributed by atoms with Gasteiger partial charge in [-0.05, 0) is 175 Å². The molecule has 0 aromatic heterocycles. The summed E-state index contributed by atoms with van der Waals surface area (Å²) in [4.78, 5) is 112. The molecule has 0 radical (unpaired) electrons. The number of allylic oxidation sites excluding steroid dienone is 6. The number of Topliss-reactive ketones (excluding diaryl/α,β-unsaturated/α-hetero) is 3. The van der Waals surface area contributed by atoms with Crippen LogP contribution in [0.2, 0.25) is 0 Å². The topological polar surface area (TPSA) is 260 Å². The summed E-state index contributed by atoms with van der Waals surface area (Å²) >= 11 is 5.99. The fourth-order valence-corrected chi connectivity index (χ4v) is 16.0. The Kier molecular flexibility index (Phi) is 27.7. The lowest BCUT2D eigenvalue weighted by Gasteiger charge is -2.42. The number of anilines is 2. The first-order valence-corrected chi connectivity index (χ1v) is 32.3. The summed E-state index contributed by atoms with van der Waals surface area (Å²) in [6, 6.07) is -1.22. The molecule has 4 aliphatic rings. The van der Waals surface area contributed by atoms with E-state index >= 15 is 0 Å². The first-order chi connectivity index (χ1) is 39.6. The van der Waals surface area contributed by atoms with Crippen molar-refractivity contribution in [1.29, 1.82) is 0 Å². The van der Waals surface area contributed by atoms with Gasteiger partial charge in [0.1, 0.15) is 36.2 Å². The molecule has 466 valence electrons. The average Bonchev–Trinajstić information content (AvgIpc) is 2.85. The number of halogens is 3. The first kappa shape index (κ1) is 71.2. The fourth-order valence-electron chi connectivity index (χ4n) is 11.8. The van der Waals surface area contributed by atoms with E-state index in [0.717, 1.165) is 10.5 Å². The Morgan fingerprint density at radius 1 is 0.798 bits per heavy atom. The van der Waals surface area contributed by atoms with Gasteiger partial charge < -0.3 is 54.2 Å². The summed E-state index contributed by atoms with van der Waals surface area (Å²) in [6.07, 6.45) is 9.35. The van der Waals surface area contributed by atoms with E-state index in [4.69, 9.17) is 28.4 Å². The number of rotatable bonds is 10. The molecule has 4 N–H and O–H groups in total. The summed E-state index contributed by atoms with van der Waals surface area (Å²) in [5.74, 6) is -10.2. The molecule has 0 spiro atoms. The van der Waals surface area contributed by atoms with Crippen LogP contribution in [0.5, 0.6) is 0 Å². The van der Waals surface area contributed by atoms with Gasteiger partial charge in [0, 0.05) is 72.3 Å². The number of piperidine rings is 1. The molecule has 2 bridgehead atoms. The number of aliphatic hydroxyl groups excluding tert-OH is 1. The number of cyclic esters (lactones) is 1. The van der Waals surface area contributed by atoms with Crippen LogP contribution in [0.3, 0.4) is 0 Å². The SMILES string of the molecule is CO[C@H]1C[C@@H]2CC[C@@H](C)[C@@](O)(O2)C(=O)C(=O)N2CCCC[C@H]2C(=O)O[C@H]([C@H](C)C[C@@H]2CC[C@@H](OC(=O)c3c(I)c(NC(C)=O)c(I)c(NC(C)=O)c3I)[C@H](OC)C2)CC(=O)[C@H](C)/C=C(\C)[C@@H](O)[C@@H](OC)C(=O)[C@H](C)C[C@H](C)/C=C/C=C/C=C/1C. The van der Waals surface area contributed by atoms with E-state index in [9.17, 15) is 48.6 Å². The maximum absolute atomic E-state index is 14.7. The van der Waals surface area contributed by atoms with E-state index < -0.39 is 102 Å². The molecule has 84 heavy (non-hydrogen) atoms. The molecule has 1 saturated carbocycles. The third kappa shape index (κ3) is 18.3. The lowest BCUT2D eigenvalue weighted by Crippen LogP contribution is -2.61. The normalized spacial score (nSPS) is 33.7. The number of hydrogen-bond donors (Lipinski definition) is 4. The fraction of sp³-hybridized carbons (Fsp3) is 0.645. The Labute approximate surface area is 535 Å². The Balaban J connectivity index is 1.46. The molecular formula is C62H86I3N3O16. The van der Waals surface area contributed by atoms with Crippen LogP contribution in [-0.2, 0) is 62.0 Å². The minimum Gasteiger partial charge on any atom is -0.460 e. The molecule has 3 fully saturated rings. The Bertz CT molecular complexity index is 2670. The number of carbonyl (C=O) groups excluding carboxylic acids is 8. The molecule has 1 aromatic carbocycles. The number of hydrogen-bond acceptors (Lipinski definition) is 16. The summed E-state index contributed by atoms with van der Waals surface area (Å²) < 4.78 is 37.6. The number of fused-ring (bicyclic) bond motifs is 3. The van der Waals surface area contributed by atoms with Gasteiger partial charge in [0.25, 0.3) is 11.7 Å². The van der Waals surface area contributed by atoms with E-state index in [2.05, 4.69) is 10.6 Å².